The summed E-state index contributed by atoms with van der Waals surface area (Å²) in [5.41, 5.74) is -0.704. The number of hydrogen-bond donors (Lipinski definition) is 8. The van der Waals surface area contributed by atoms with Gasteiger partial charge < -0.3 is 109 Å². The minimum atomic E-state index is -1.30. The summed E-state index contributed by atoms with van der Waals surface area (Å²) in [5.74, 6) is -5.41. The Bertz CT molecular complexity index is 1900. The second-order valence-electron chi connectivity index (χ2n) is 20.8. The molecule has 0 saturated carbocycles. The molecule has 0 spiro atoms. The maximum Gasteiger partial charge on any atom is 0.407 e. The van der Waals surface area contributed by atoms with Gasteiger partial charge in [0.1, 0.15) is 36.5 Å². The zero-order valence-electron chi connectivity index (χ0n) is 52.2. The van der Waals surface area contributed by atoms with E-state index >= 15 is 0 Å². The number of carbonyl (C=O) groups is 8. The molecule has 1 unspecified atom stereocenters. The molecule has 504 valence electrons. The summed E-state index contributed by atoms with van der Waals surface area (Å²) < 4.78 is 70.3. The standard InChI is InChI=1S/C57H103N7O23/c1-44(2)52(55(73)62-45(53(71)60-43-51(69)70)11-8-10-18-59-56(74)87-57(3,4)5)63-54(72)46(61-48(66)15-19-64-49(67)13-14-50(64)68)12-7-9-17-58-47(65)16-20-76-23-24-78-27-28-80-31-32-82-35-36-84-39-40-86-42-41-85-38-37-83-34-33-81-30-29-79-26-25-77-22-21-75-6/h13-14,44-46,49,52,67H,7-12,15-43H2,1-6H3,(H,58,65)(H,59,74)(H,60,71)(H,61,66)(H,62,73)(H,63,72)(H,69,70)/t45-,46-,49?,52-/m0/s1. The van der Waals surface area contributed by atoms with Crippen LogP contribution in [0, 0.1) is 5.92 Å². The molecule has 1 heterocycles. The molecule has 30 heteroatoms. The number of rotatable bonds is 58. The molecular formula is C57H103N7O23. The molecule has 8 N–H and O–H groups in total. The minimum Gasteiger partial charge on any atom is -0.480 e. The van der Waals surface area contributed by atoms with Crippen molar-refractivity contribution < 1.29 is 110 Å². The number of aliphatic hydroxyl groups is 1. The summed E-state index contributed by atoms with van der Waals surface area (Å²) >= 11 is 0. The van der Waals surface area contributed by atoms with Crippen molar-refractivity contribution in [2.75, 3.05) is 185 Å². The van der Waals surface area contributed by atoms with Crippen LogP contribution in [0.25, 0.3) is 0 Å². The number of unbranched alkanes of at least 4 members (excludes halogenated alkanes) is 2. The van der Waals surface area contributed by atoms with Gasteiger partial charge in [0.25, 0.3) is 0 Å². The van der Waals surface area contributed by atoms with Crippen LogP contribution in [0.4, 0.5) is 4.79 Å². The molecule has 1 rings (SSSR count). The zero-order valence-corrected chi connectivity index (χ0v) is 52.2. The summed E-state index contributed by atoms with van der Waals surface area (Å²) in [6.07, 6.45) is 2.09. The van der Waals surface area contributed by atoms with E-state index in [1.165, 1.54) is 12.2 Å². The fourth-order valence-electron chi connectivity index (χ4n) is 7.48. The van der Waals surface area contributed by atoms with Crippen LogP contribution in [0.15, 0.2) is 12.2 Å². The molecular weight excluding hydrogens is 1150 g/mol. The molecule has 1 aliphatic rings. The number of aliphatic hydroxyl groups excluding tert-OH is 1. The van der Waals surface area contributed by atoms with E-state index in [2.05, 4.69) is 31.9 Å². The van der Waals surface area contributed by atoms with E-state index < -0.39 is 84.0 Å². The number of nitrogens with one attached hydrogen (secondary N) is 6. The Kier molecular flexibility index (Phi) is 48.3. The van der Waals surface area contributed by atoms with Gasteiger partial charge in [-0.25, -0.2) is 4.79 Å². The van der Waals surface area contributed by atoms with Crippen molar-refractivity contribution in [1.29, 1.82) is 0 Å². The molecule has 7 amide bonds. The number of ether oxygens (including phenoxy) is 13. The normalized spacial score (nSPS) is 14.2. The Balaban J connectivity index is 2.30. The quantitative estimate of drug-likeness (QED) is 0.0359. The van der Waals surface area contributed by atoms with Crippen molar-refractivity contribution >= 4 is 47.5 Å². The van der Waals surface area contributed by atoms with E-state index in [1.54, 1.807) is 41.7 Å². The van der Waals surface area contributed by atoms with E-state index in [-0.39, 0.29) is 64.4 Å². The van der Waals surface area contributed by atoms with Crippen molar-refractivity contribution in [1.82, 2.24) is 36.8 Å². The molecule has 0 bridgehead atoms. The number of carboxylic acids is 1. The van der Waals surface area contributed by atoms with Crippen molar-refractivity contribution in [2.24, 2.45) is 5.92 Å². The van der Waals surface area contributed by atoms with Gasteiger partial charge in [-0.3, -0.25) is 33.6 Å². The maximum atomic E-state index is 13.9. The van der Waals surface area contributed by atoms with Gasteiger partial charge in [0.05, 0.1) is 152 Å². The van der Waals surface area contributed by atoms with Gasteiger partial charge >= 0.3 is 12.1 Å². The predicted molar refractivity (Wildman–Crippen MR) is 313 cm³/mol. The fraction of sp³-hybridized carbons (Fsp3) is 0.825. The van der Waals surface area contributed by atoms with E-state index in [4.69, 9.17) is 66.7 Å². The molecule has 87 heavy (non-hydrogen) atoms. The Morgan fingerprint density at radius 1 is 0.517 bits per heavy atom. The van der Waals surface area contributed by atoms with Crippen LogP contribution in [-0.4, -0.2) is 278 Å². The van der Waals surface area contributed by atoms with E-state index in [0.717, 1.165) is 4.90 Å². The van der Waals surface area contributed by atoms with Crippen LogP contribution in [0.1, 0.15) is 86.0 Å². The number of methoxy groups -OCH3 is 1. The van der Waals surface area contributed by atoms with Gasteiger partial charge in [-0.05, 0) is 71.3 Å². The Morgan fingerprint density at radius 3 is 1.32 bits per heavy atom. The molecule has 0 saturated heterocycles. The highest BCUT2D eigenvalue weighted by Crippen LogP contribution is 2.12. The molecule has 0 fully saturated rings. The number of hydrogen-bond acceptors (Lipinski definition) is 22. The first-order valence-electron chi connectivity index (χ1n) is 30.0. The zero-order chi connectivity index (χ0) is 64.2. The second-order valence-corrected chi connectivity index (χ2v) is 20.8. The summed E-state index contributed by atoms with van der Waals surface area (Å²) in [6, 6.07) is -3.59. The molecule has 4 atom stereocenters. The SMILES string of the molecule is COCCOCCOCCOCCOCCOCCOCCOCCOCCOCCOCCOCCC(=O)NCCCC[C@H](NC(=O)CCN1C(=O)C=CC1O)C(=O)N[C@H](C(=O)N[C@@H](CCCCNC(=O)OC(C)(C)C)C(=O)NCC(=O)O)C(C)C. The highest BCUT2D eigenvalue weighted by molar-refractivity contribution is 5.95. The first-order valence-corrected chi connectivity index (χ1v) is 30.0. The van der Waals surface area contributed by atoms with Gasteiger partial charge in [0.15, 0.2) is 0 Å². The average Bonchev–Trinajstić information content (AvgIpc) is 3.72. The van der Waals surface area contributed by atoms with Gasteiger partial charge in [0, 0.05) is 45.7 Å². The number of aliphatic carboxylic acids is 1. The molecule has 0 aliphatic carbocycles. The van der Waals surface area contributed by atoms with Gasteiger partial charge in [0.2, 0.25) is 35.4 Å². The highest BCUT2D eigenvalue weighted by atomic mass is 16.6. The van der Waals surface area contributed by atoms with Crippen molar-refractivity contribution in [2.45, 2.75) is 116 Å². The third-order valence-electron chi connectivity index (χ3n) is 12.0. The molecule has 0 radical (unpaired) electrons. The molecule has 0 aromatic rings. The second kappa shape index (κ2) is 52.7. The Morgan fingerprint density at radius 2 is 0.931 bits per heavy atom. The largest absolute Gasteiger partial charge is 0.480 e. The summed E-state index contributed by atoms with van der Waals surface area (Å²) in [7, 11) is 1.63. The molecule has 30 nitrogen and oxygen atoms in total. The summed E-state index contributed by atoms with van der Waals surface area (Å²) in [4.78, 5) is 103. The monoisotopic (exact) mass is 1250 g/mol. The number of nitrogens with zero attached hydrogens (tertiary/aromatic N) is 1. The maximum absolute atomic E-state index is 13.9. The Labute approximate surface area is 512 Å². The number of alkyl carbamates (subject to hydrolysis) is 1. The number of amides is 7. The number of carbonyl (C=O) groups excluding carboxylic acids is 7. The van der Waals surface area contributed by atoms with Crippen LogP contribution >= 0.6 is 0 Å². The Hall–Kier alpha value is -5.22. The summed E-state index contributed by atoms with van der Waals surface area (Å²) in [5, 5.41) is 34.9. The lowest BCUT2D eigenvalue weighted by molar-refractivity contribution is -0.138. The highest BCUT2D eigenvalue weighted by Gasteiger charge is 2.32. The van der Waals surface area contributed by atoms with Crippen molar-refractivity contribution in [3.05, 3.63) is 12.2 Å². The van der Waals surface area contributed by atoms with E-state index in [0.29, 0.717) is 164 Å². The topological polar surface area (TPSA) is 372 Å². The average molecular weight is 1250 g/mol. The van der Waals surface area contributed by atoms with Crippen molar-refractivity contribution in [3.63, 3.8) is 0 Å². The van der Waals surface area contributed by atoms with Gasteiger partial charge in [-0.2, -0.15) is 0 Å². The van der Waals surface area contributed by atoms with Crippen LogP contribution < -0.4 is 31.9 Å². The molecule has 0 aromatic heterocycles. The first-order chi connectivity index (χ1) is 41.8. The van der Waals surface area contributed by atoms with E-state index in [9.17, 15) is 43.5 Å². The van der Waals surface area contributed by atoms with Gasteiger partial charge in [-0.1, -0.05) is 13.8 Å². The number of carboxylic acid groups (broad SMARTS) is 1. The minimum absolute atomic E-state index is 0.0581. The first kappa shape index (κ1) is 79.8. The predicted octanol–water partition coefficient (Wildman–Crippen LogP) is -0.395. The lowest BCUT2D eigenvalue weighted by Crippen LogP contribution is -2.58. The van der Waals surface area contributed by atoms with Crippen LogP contribution in [0.3, 0.4) is 0 Å². The van der Waals surface area contributed by atoms with E-state index in [1.807, 2.05) is 0 Å². The third-order valence-corrected chi connectivity index (χ3v) is 12.0. The molecule has 1 aliphatic heterocycles. The summed E-state index contributed by atoms with van der Waals surface area (Å²) in [6.45, 7) is 18.1. The van der Waals surface area contributed by atoms with Crippen LogP contribution in [-0.2, 0) is 95.1 Å². The lowest BCUT2D eigenvalue weighted by atomic mass is 10.0. The smallest absolute Gasteiger partial charge is 0.407 e. The van der Waals surface area contributed by atoms with Crippen LogP contribution in [0.5, 0.6) is 0 Å². The fourth-order valence-corrected chi connectivity index (χ4v) is 7.48. The van der Waals surface area contributed by atoms with Crippen LogP contribution in [0.2, 0.25) is 0 Å². The van der Waals surface area contributed by atoms with Gasteiger partial charge in [-0.15, -0.1) is 0 Å². The van der Waals surface area contributed by atoms with Crippen molar-refractivity contribution in [3.8, 4) is 0 Å². The third kappa shape index (κ3) is 46.5. The lowest BCUT2D eigenvalue weighted by Gasteiger charge is -2.27. The molecule has 0 aromatic carbocycles.